The molecule has 0 aliphatic heterocycles. The molecule has 0 bridgehead atoms. The minimum atomic E-state index is -0.804. The molecule has 1 aromatic heterocycles. The van der Waals surface area contributed by atoms with E-state index in [1.54, 1.807) is 11.8 Å². The molecule has 0 aliphatic rings. The number of hydrogen-bond donors (Lipinski definition) is 1. The van der Waals surface area contributed by atoms with Gasteiger partial charge >= 0.3 is 5.97 Å². The number of benzene rings is 1. The smallest absolute Gasteiger partial charge is 0.308 e. The average molecular weight is 293 g/mol. The molecule has 0 spiro atoms. The molecule has 100 valence electrons. The zero-order valence-corrected chi connectivity index (χ0v) is 12.5. The fraction of sp³-hybridized carbons (Fsp3) is 0.286. The van der Waals surface area contributed by atoms with E-state index in [2.05, 4.69) is 30.1 Å². The monoisotopic (exact) mass is 293 g/mol. The highest BCUT2D eigenvalue weighted by atomic mass is 32.2. The average Bonchev–Trinajstić information content (AvgIpc) is 2.67. The van der Waals surface area contributed by atoms with Crippen LogP contribution in [0, 0.1) is 13.8 Å². The number of aryl methyl sites for hydroxylation is 2. The summed E-state index contributed by atoms with van der Waals surface area (Å²) in [6.07, 6.45) is 0.0640. The molecule has 3 nitrogen and oxygen atoms in total. The van der Waals surface area contributed by atoms with Gasteiger partial charge in [0, 0.05) is 10.6 Å². The Balaban J connectivity index is 2.02. The van der Waals surface area contributed by atoms with Crippen LogP contribution in [0.5, 0.6) is 0 Å². The molecule has 1 heterocycles. The molecule has 2 aromatic rings. The highest BCUT2D eigenvalue weighted by Gasteiger charge is 2.11. The van der Waals surface area contributed by atoms with Crippen LogP contribution in [-0.2, 0) is 17.0 Å². The van der Waals surface area contributed by atoms with Gasteiger partial charge in [-0.3, -0.25) is 4.79 Å². The Kier molecular flexibility index (Phi) is 4.61. The van der Waals surface area contributed by atoms with E-state index in [-0.39, 0.29) is 6.42 Å². The summed E-state index contributed by atoms with van der Waals surface area (Å²) in [6, 6.07) is 8.38. The lowest BCUT2D eigenvalue weighted by atomic mass is 10.2. The molecule has 1 N–H and O–H groups in total. The van der Waals surface area contributed by atoms with Gasteiger partial charge in [0.05, 0.1) is 12.1 Å². The van der Waals surface area contributed by atoms with Crippen molar-refractivity contribution in [2.45, 2.75) is 30.4 Å². The second kappa shape index (κ2) is 6.21. The molecule has 0 fully saturated rings. The third kappa shape index (κ3) is 4.08. The topological polar surface area (TPSA) is 50.2 Å². The van der Waals surface area contributed by atoms with Crippen molar-refractivity contribution in [3.63, 3.8) is 0 Å². The molecule has 0 unspecified atom stereocenters. The fourth-order valence-electron chi connectivity index (χ4n) is 1.71. The van der Waals surface area contributed by atoms with Gasteiger partial charge in [-0.2, -0.15) is 0 Å². The third-order valence-corrected chi connectivity index (χ3v) is 5.00. The summed E-state index contributed by atoms with van der Waals surface area (Å²) in [6.45, 7) is 3.94. The van der Waals surface area contributed by atoms with Crippen molar-refractivity contribution in [2.75, 3.05) is 0 Å². The van der Waals surface area contributed by atoms with Crippen molar-refractivity contribution >= 4 is 29.1 Å². The van der Waals surface area contributed by atoms with Crippen LogP contribution in [0.4, 0.5) is 0 Å². The molecule has 0 radical (unpaired) electrons. The van der Waals surface area contributed by atoms with Crippen LogP contribution in [0.2, 0.25) is 0 Å². The molecule has 19 heavy (non-hydrogen) atoms. The number of aliphatic carboxylic acids is 1. The first-order valence-corrected chi connectivity index (χ1v) is 7.71. The van der Waals surface area contributed by atoms with Gasteiger partial charge in [0.15, 0.2) is 4.34 Å². The van der Waals surface area contributed by atoms with E-state index in [0.717, 1.165) is 20.7 Å². The summed E-state index contributed by atoms with van der Waals surface area (Å²) in [5.41, 5.74) is 3.34. The van der Waals surface area contributed by atoms with Crippen molar-refractivity contribution < 1.29 is 9.90 Å². The van der Waals surface area contributed by atoms with Gasteiger partial charge < -0.3 is 5.11 Å². The Morgan fingerprint density at radius 1 is 1.42 bits per heavy atom. The van der Waals surface area contributed by atoms with E-state index in [1.807, 2.05) is 13.0 Å². The van der Waals surface area contributed by atoms with E-state index < -0.39 is 5.97 Å². The summed E-state index contributed by atoms with van der Waals surface area (Å²) in [7, 11) is 0. The van der Waals surface area contributed by atoms with Crippen LogP contribution in [0.25, 0.3) is 0 Å². The Bertz CT molecular complexity index is 593. The zero-order valence-electron chi connectivity index (χ0n) is 10.8. The molecule has 1 aromatic carbocycles. The van der Waals surface area contributed by atoms with E-state index in [4.69, 9.17) is 5.11 Å². The Morgan fingerprint density at radius 3 is 2.89 bits per heavy atom. The zero-order chi connectivity index (χ0) is 13.8. The first-order chi connectivity index (χ1) is 9.04. The number of hydrogen-bond acceptors (Lipinski definition) is 4. The predicted molar refractivity (Wildman–Crippen MR) is 78.9 cm³/mol. The van der Waals surface area contributed by atoms with Gasteiger partial charge in [0.1, 0.15) is 0 Å². The first kappa shape index (κ1) is 14.1. The van der Waals surface area contributed by atoms with Crippen molar-refractivity contribution in [3.8, 4) is 0 Å². The number of carbonyl (C=O) groups is 1. The summed E-state index contributed by atoms with van der Waals surface area (Å²) in [5, 5.41) is 8.81. The maximum atomic E-state index is 10.7. The number of carboxylic acid groups (broad SMARTS) is 1. The Morgan fingerprint density at radius 2 is 2.21 bits per heavy atom. The molecule has 0 saturated carbocycles. The van der Waals surface area contributed by atoms with Gasteiger partial charge in [-0.25, -0.2) is 4.98 Å². The van der Waals surface area contributed by atoms with E-state index in [9.17, 15) is 4.79 Å². The standard InChI is InChI=1S/C14H15NO2S2/c1-9-4-3-5-11(6-9)8-18-14-15-10(2)12(19-14)7-13(16)17/h3-6H,7-8H2,1-2H3,(H,16,17). The summed E-state index contributed by atoms with van der Waals surface area (Å²) < 4.78 is 0.940. The number of carboxylic acids is 1. The van der Waals surface area contributed by atoms with Crippen molar-refractivity contribution in [1.29, 1.82) is 0 Å². The molecule has 0 amide bonds. The van der Waals surface area contributed by atoms with Crippen molar-refractivity contribution in [1.82, 2.24) is 4.98 Å². The van der Waals surface area contributed by atoms with E-state index in [0.29, 0.717) is 0 Å². The minimum Gasteiger partial charge on any atom is -0.481 e. The van der Waals surface area contributed by atoms with Crippen LogP contribution in [0.15, 0.2) is 28.6 Å². The highest BCUT2D eigenvalue weighted by Crippen LogP contribution is 2.30. The Hall–Kier alpha value is -1.33. The SMILES string of the molecule is Cc1cccc(CSc2nc(C)c(CC(=O)O)s2)c1. The highest BCUT2D eigenvalue weighted by molar-refractivity contribution is 8.00. The third-order valence-electron chi connectivity index (χ3n) is 2.63. The lowest BCUT2D eigenvalue weighted by Crippen LogP contribution is -1.99. The molecule has 5 heteroatoms. The Labute approximate surface area is 120 Å². The van der Waals surface area contributed by atoms with Gasteiger partial charge in [0.25, 0.3) is 0 Å². The molecular formula is C14H15NO2S2. The molecule has 0 saturated heterocycles. The largest absolute Gasteiger partial charge is 0.481 e. The number of rotatable bonds is 5. The molecular weight excluding hydrogens is 278 g/mol. The lowest BCUT2D eigenvalue weighted by molar-refractivity contribution is -0.136. The maximum absolute atomic E-state index is 10.7. The van der Waals surface area contributed by atoms with E-state index >= 15 is 0 Å². The van der Waals surface area contributed by atoms with Gasteiger partial charge in [-0.05, 0) is 19.4 Å². The van der Waals surface area contributed by atoms with Crippen LogP contribution in [-0.4, -0.2) is 16.1 Å². The lowest BCUT2D eigenvalue weighted by Gasteiger charge is -2.00. The first-order valence-electron chi connectivity index (χ1n) is 5.91. The molecule has 0 aliphatic carbocycles. The fourth-order valence-corrected chi connectivity index (χ4v) is 3.88. The number of thiazole rings is 1. The summed E-state index contributed by atoms with van der Waals surface area (Å²) in [4.78, 5) is 16.0. The van der Waals surface area contributed by atoms with E-state index in [1.165, 1.54) is 22.5 Å². The summed E-state index contributed by atoms with van der Waals surface area (Å²) >= 11 is 3.14. The number of thioether (sulfide) groups is 1. The van der Waals surface area contributed by atoms with Crippen LogP contribution in [0.3, 0.4) is 0 Å². The van der Waals surface area contributed by atoms with Crippen LogP contribution < -0.4 is 0 Å². The molecule has 0 atom stereocenters. The molecule has 2 rings (SSSR count). The predicted octanol–water partition coefficient (Wildman–Crippen LogP) is 3.68. The quantitative estimate of drug-likeness (QED) is 0.854. The summed E-state index contributed by atoms with van der Waals surface area (Å²) in [5.74, 6) is 0.0585. The van der Waals surface area contributed by atoms with Gasteiger partial charge in [-0.1, -0.05) is 41.6 Å². The normalized spacial score (nSPS) is 10.6. The van der Waals surface area contributed by atoms with Gasteiger partial charge in [0.2, 0.25) is 0 Å². The van der Waals surface area contributed by atoms with Crippen LogP contribution >= 0.6 is 23.1 Å². The maximum Gasteiger partial charge on any atom is 0.308 e. The second-order valence-corrected chi connectivity index (χ2v) is 6.64. The number of nitrogens with zero attached hydrogens (tertiary/aromatic N) is 1. The van der Waals surface area contributed by atoms with Gasteiger partial charge in [-0.15, -0.1) is 11.3 Å². The van der Waals surface area contributed by atoms with Crippen LogP contribution in [0.1, 0.15) is 21.7 Å². The van der Waals surface area contributed by atoms with Crippen molar-refractivity contribution in [3.05, 3.63) is 46.0 Å². The second-order valence-electron chi connectivity index (χ2n) is 4.34. The number of aromatic nitrogens is 1. The van der Waals surface area contributed by atoms with Crippen molar-refractivity contribution in [2.24, 2.45) is 0 Å². The minimum absolute atomic E-state index is 0.0640.